The summed E-state index contributed by atoms with van der Waals surface area (Å²) in [6.07, 6.45) is 0.320. The van der Waals surface area contributed by atoms with E-state index in [-0.39, 0.29) is 35.9 Å². The minimum atomic E-state index is -0.790. The number of halogens is 4. The molecule has 2 amide bonds. The molecule has 0 aliphatic heterocycles. The highest BCUT2D eigenvalue weighted by atomic mass is 35.5. The van der Waals surface area contributed by atoms with E-state index >= 15 is 0 Å². The van der Waals surface area contributed by atoms with Crippen LogP contribution in [0.1, 0.15) is 30.5 Å². The first-order chi connectivity index (χ1) is 17.7. The zero-order valence-corrected chi connectivity index (χ0v) is 23.6. The van der Waals surface area contributed by atoms with Crippen LogP contribution in [0.3, 0.4) is 0 Å². The second-order valence-electron chi connectivity index (χ2n) is 8.82. The number of nitrogens with zero attached hydrogens (tertiary/aromatic N) is 1. The predicted molar refractivity (Wildman–Crippen MR) is 152 cm³/mol. The van der Waals surface area contributed by atoms with Crippen molar-refractivity contribution >= 4 is 58.4 Å². The third-order valence-electron chi connectivity index (χ3n) is 5.59. The molecule has 0 saturated heterocycles. The van der Waals surface area contributed by atoms with Gasteiger partial charge in [0.05, 0.1) is 5.75 Å². The minimum Gasteiger partial charge on any atom is -0.352 e. The molecule has 0 aromatic heterocycles. The smallest absolute Gasteiger partial charge is 0.243 e. The van der Waals surface area contributed by atoms with Crippen LogP contribution in [0.4, 0.5) is 4.39 Å². The van der Waals surface area contributed by atoms with Crippen LogP contribution >= 0.6 is 46.6 Å². The highest BCUT2D eigenvalue weighted by Crippen LogP contribution is 2.27. The molecule has 4 nitrogen and oxygen atoms in total. The lowest BCUT2D eigenvalue weighted by molar-refractivity contribution is -0.139. The quantitative estimate of drug-likeness (QED) is 0.261. The molecule has 3 aromatic rings. The standard InChI is InChI=1S/C28H28Cl3FN2O2S/c1-18(2)33-28(36)26(13-19-7-4-3-5-8-19)34(15-20-11-12-21(29)14-24(20)31)27(35)17-37-16-22-23(30)9-6-10-25(22)32/h3-12,14,18,26H,13,15-17H2,1-2H3,(H,33,36). The molecule has 0 aliphatic rings. The summed E-state index contributed by atoms with van der Waals surface area (Å²) < 4.78 is 14.2. The maximum atomic E-state index is 14.2. The molecule has 3 rings (SSSR count). The minimum absolute atomic E-state index is 0.0239. The largest absolute Gasteiger partial charge is 0.352 e. The Bertz CT molecular complexity index is 1210. The first kappa shape index (κ1) is 29.3. The van der Waals surface area contributed by atoms with E-state index in [4.69, 9.17) is 34.8 Å². The Balaban J connectivity index is 1.90. The average molecular weight is 582 g/mol. The summed E-state index contributed by atoms with van der Waals surface area (Å²) in [5.41, 5.74) is 1.92. The Kier molecular flexibility index (Phi) is 11.1. The zero-order chi connectivity index (χ0) is 26.9. The summed E-state index contributed by atoms with van der Waals surface area (Å²) in [5.74, 6) is -0.719. The van der Waals surface area contributed by atoms with E-state index in [2.05, 4.69) is 5.32 Å². The van der Waals surface area contributed by atoms with Gasteiger partial charge in [-0.3, -0.25) is 9.59 Å². The molecule has 1 N–H and O–H groups in total. The van der Waals surface area contributed by atoms with Gasteiger partial charge < -0.3 is 10.2 Å². The molecule has 0 fully saturated rings. The fraction of sp³-hybridized carbons (Fsp3) is 0.286. The Labute approximate surface area is 236 Å². The Morgan fingerprint density at radius 2 is 1.70 bits per heavy atom. The van der Waals surface area contributed by atoms with E-state index < -0.39 is 11.9 Å². The second-order valence-corrected chi connectivity index (χ2v) is 11.1. The first-order valence-corrected chi connectivity index (χ1v) is 14.0. The lowest BCUT2D eigenvalue weighted by Crippen LogP contribution is -2.52. The van der Waals surface area contributed by atoms with E-state index in [1.165, 1.54) is 28.8 Å². The number of hydrogen-bond donors (Lipinski definition) is 1. The maximum absolute atomic E-state index is 14.2. The maximum Gasteiger partial charge on any atom is 0.243 e. The lowest BCUT2D eigenvalue weighted by Gasteiger charge is -2.32. The number of carbonyl (C=O) groups is 2. The van der Waals surface area contributed by atoms with Gasteiger partial charge >= 0.3 is 0 Å². The van der Waals surface area contributed by atoms with Gasteiger partial charge in [0.2, 0.25) is 11.8 Å². The van der Waals surface area contributed by atoms with Crippen LogP contribution in [0.2, 0.25) is 15.1 Å². The van der Waals surface area contributed by atoms with E-state index in [0.717, 1.165) is 5.56 Å². The molecule has 0 heterocycles. The third-order valence-corrected chi connectivity index (χ3v) is 7.48. The number of nitrogens with one attached hydrogen (secondary N) is 1. The van der Waals surface area contributed by atoms with Crippen molar-refractivity contribution in [2.45, 2.75) is 44.6 Å². The van der Waals surface area contributed by atoms with E-state index in [9.17, 15) is 14.0 Å². The number of hydrogen-bond acceptors (Lipinski definition) is 3. The predicted octanol–water partition coefficient (Wildman–Crippen LogP) is 7.18. The molecule has 196 valence electrons. The summed E-state index contributed by atoms with van der Waals surface area (Å²) in [7, 11) is 0. The van der Waals surface area contributed by atoms with Crippen LogP contribution in [-0.2, 0) is 28.3 Å². The van der Waals surface area contributed by atoms with E-state index in [1.807, 2.05) is 44.2 Å². The monoisotopic (exact) mass is 580 g/mol. The van der Waals surface area contributed by atoms with Crippen LogP contribution in [0.25, 0.3) is 0 Å². The van der Waals surface area contributed by atoms with Crippen molar-refractivity contribution in [2.24, 2.45) is 0 Å². The molecule has 9 heteroatoms. The normalized spacial score (nSPS) is 11.9. The SMILES string of the molecule is CC(C)NC(=O)C(Cc1ccccc1)N(Cc1ccc(Cl)cc1Cl)C(=O)CSCc1c(F)cccc1Cl. The van der Waals surface area contributed by atoms with Gasteiger partial charge in [0.15, 0.2) is 0 Å². The molecule has 1 atom stereocenters. The van der Waals surface area contributed by atoms with Crippen LogP contribution in [0.5, 0.6) is 0 Å². The molecule has 0 spiro atoms. The van der Waals surface area contributed by atoms with Gasteiger partial charge in [-0.25, -0.2) is 4.39 Å². The highest BCUT2D eigenvalue weighted by Gasteiger charge is 2.31. The molecule has 1 unspecified atom stereocenters. The van der Waals surface area contributed by atoms with Crippen LogP contribution in [0.15, 0.2) is 66.7 Å². The lowest BCUT2D eigenvalue weighted by atomic mass is 10.0. The Morgan fingerprint density at radius 3 is 2.35 bits per heavy atom. The topological polar surface area (TPSA) is 49.4 Å². The summed E-state index contributed by atoms with van der Waals surface area (Å²) in [5, 5.41) is 4.13. The van der Waals surface area contributed by atoms with Crippen LogP contribution in [-0.4, -0.2) is 34.6 Å². The molecule has 0 aliphatic carbocycles. The molecule has 37 heavy (non-hydrogen) atoms. The molecule has 0 saturated carbocycles. The molecular weight excluding hydrogens is 554 g/mol. The summed E-state index contributed by atoms with van der Waals surface area (Å²) in [6.45, 7) is 3.85. The van der Waals surface area contributed by atoms with Crippen molar-refractivity contribution in [2.75, 3.05) is 5.75 Å². The summed E-state index contributed by atoms with van der Waals surface area (Å²) in [4.78, 5) is 28.6. The van der Waals surface area contributed by atoms with E-state index in [0.29, 0.717) is 32.6 Å². The first-order valence-electron chi connectivity index (χ1n) is 11.7. The summed E-state index contributed by atoms with van der Waals surface area (Å²) >= 11 is 19.9. The summed E-state index contributed by atoms with van der Waals surface area (Å²) in [6, 6.07) is 18.2. The van der Waals surface area contributed by atoms with E-state index in [1.54, 1.807) is 24.3 Å². The Morgan fingerprint density at radius 1 is 0.973 bits per heavy atom. The zero-order valence-electron chi connectivity index (χ0n) is 20.5. The molecule has 0 radical (unpaired) electrons. The fourth-order valence-electron chi connectivity index (χ4n) is 3.76. The van der Waals surface area contributed by atoms with Gasteiger partial charge in [-0.05, 0) is 49.2 Å². The third kappa shape index (κ3) is 8.64. The molecular formula is C28H28Cl3FN2O2S. The second kappa shape index (κ2) is 14.1. The van der Waals surface area contributed by atoms with Gasteiger partial charge in [0.25, 0.3) is 0 Å². The van der Waals surface area contributed by atoms with Crippen molar-refractivity contribution < 1.29 is 14.0 Å². The number of rotatable bonds is 11. The van der Waals surface area contributed by atoms with Crippen molar-refractivity contribution in [3.63, 3.8) is 0 Å². The van der Waals surface area contributed by atoms with Gasteiger partial charge in [-0.15, -0.1) is 11.8 Å². The molecule has 3 aromatic carbocycles. The van der Waals surface area contributed by atoms with Crippen molar-refractivity contribution in [3.8, 4) is 0 Å². The number of thioether (sulfide) groups is 1. The van der Waals surface area contributed by atoms with Crippen LogP contribution < -0.4 is 5.32 Å². The Hall–Kier alpha value is -2.25. The van der Waals surface area contributed by atoms with Crippen molar-refractivity contribution in [1.29, 1.82) is 0 Å². The van der Waals surface area contributed by atoms with Crippen molar-refractivity contribution in [3.05, 3.63) is 104 Å². The van der Waals surface area contributed by atoms with Gasteiger partial charge in [0, 0.05) is 45.4 Å². The van der Waals surface area contributed by atoms with Crippen molar-refractivity contribution in [1.82, 2.24) is 10.2 Å². The van der Waals surface area contributed by atoms with Gasteiger partial charge in [-0.2, -0.15) is 0 Å². The molecule has 0 bridgehead atoms. The average Bonchev–Trinajstić information content (AvgIpc) is 2.84. The fourth-order valence-corrected chi connectivity index (χ4v) is 5.48. The van der Waals surface area contributed by atoms with Gasteiger partial charge in [-0.1, -0.05) is 77.3 Å². The highest BCUT2D eigenvalue weighted by molar-refractivity contribution is 7.99. The van der Waals surface area contributed by atoms with Gasteiger partial charge in [0.1, 0.15) is 11.9 Å². The number of amides is 2. The van der Waals surface area contributed by atoms with Crippen LogP contribution in [0, 0.1) is 5.82 Å². The number of benzene rings is 3. The number of carbonyl (C=O) groups excluding carboxylic acids is 2.